The normalized spacial score (nSPS) is 14.8. The summed E-state index contributed by atoms with van der Waals surface area (Å²) in [5, 5.41) is 2.01. The lowest BCUT2D eigenvalue weighted by Gasteiger charge is -2.15. The molecule has 0 fully saturated rings. The van der Waals surface area contributed by atoms with Gasteiger partial charge in [-0.3, -0.25) is 0 Å². The van der Waals surface area contributed by atoms with Crippen molar-refractivity contribution in [3.63, 3.8) is 0 Å². The molecule has 0 aromatic carbocycles. The van der Waals surface area contributed by atoms with Gasteiger partial charge < -0.3 is 0 Å². The summed E-state index contributed by atoms with van der Waals surface area (Å²) in [5.74, 6) is -0.00707. The van der Waals surface area contributed by atoms with Crippen LogP contribution in [0, 0.1) is 5.92 Å². The van der Waals surface area contributed by atoms with E-state index in [0.29, 0.717) is 0 Å². The molecule has 0 N–H and O–H groups in total. The summed E-state index contributed by atoms with van der Waals surface area (Å²) in [7, 11) is 0. The van der Waals surface area contributed by atoms with Crippen molar-refractivity contribution in [2.24, 2.45) is 5.92 Å². The quantitative estimate of drug-likeness (QED) is 0.660. The van der Waals surface area contributed by atoms with E-state index in [2.05, 4.69) is 0 Å². The molecule has 0 bridgehead atoms. The first-order valence-corrected chi connectivity index (χ1v) is 5.49. The van der Waals surface area contributed by atoms with Crippen LogP contribution in [0.15, 0.2) is 10.8 Å². The highest BCUT2D eigenvalue weighted by molar-refractivity contribution is 7.08. The summed E-state index contributed by atoms with van der Waals surface area (Å²) >= 11 is 6.93. The van der Waals surface area contributed by atoms with Crippen LogP contribution in [0.5, 0.6) is 0 Å². The molecule has 0 saturated carbocycles. The van der Waals surface area contributed by atoms with Gasteiger partial charge in [-0.2, -0.15) is 24.5 Å². The smallest absolute Gasteiger partial charge is 0.166 e. The number of hydrogen-bond donors (Lipinski definition) is 0. The third-order valence-electron chi connectivity index (χ3n) is 1.88. The average molecular weight is 243 g/mol. The van der Waals surface area contributed by atoms with Crippen molar-refractivity contribution in [3.05, 3.63) is 21.9 Å². The summed E-state index contributed by atoms with van der Waals surface area (Å²) < 4.78 is 37.4. The van der Waals surface area contributed by atoms with Crippen LogP contribution < -0.4 is 0 Å². The standard InChI is InChI=1S/C9H10ClF3S/c1-5(2)8(10)6-3-14-4-7(6)9(11,12)13/h3-5,8H,1-2H3. The largest absolute Gasteiger partial charge is 0.417 e. The predicted octanol–water partition coefficient (Wildman–Crippen LogP) is 4.70. The molecule has 14 heavy (non-hydrogen) atoms. The Hall–Kier alpha value is -0.220. The van der Waals surface area contributed by atoms with E-state index >= 15 is 0 Å². The second-order valence-corrected chi connectivity index (χ2v) is 4.60. The Kier molecular flexibility index (Phi) is 3.48. The molecule has 0 radical (unpaired) electrons. The van der Waals surface area contributed by atoms with Gasteiger partial charge in [0.25, 0.3) is 0 Å². The Balaban J connectivity index is 3.05. The van der Waals surface area contributed by atoms with Crippen LogP contribution in [-0.2, 0) is 6.18 Å². The van der Waals surface area contributed by atoms with Gasteiger partial charge in [0.05, 0.1) is 10.9 Å². The van der Waals surface area contributed by atoms with E-state index in [-0.39, 0.29) is 11.5 Å². The summed E-state index contributed by atoms with van der Waals surface area (Å²) in [6, 6.07) is 0. The minimum Gasteiger partial charge on any atom is -0.166 e. The zero-order valence-electron chi connectivity index (χ0n) is 7.73. The first-order valence-electron chi connectivity index (χ1n) is 4.11. The van der Waals surface area contributed by atoms with Crippen LogP contribution in [0.1, 0.15) is 30.4 Å². The van der Waals surface area contributed by atoms with E-state index in [0.717, 1.165) is 16.7 Å². The van der Waals surface area contributed by atoms with Crippen molar-refractivity contribution < 1.29 is 13.2 Å². The van der Waals surface area contributed by atoms with E-state index in [1.54, 1.807) is 13.8 Å². The maximum atomic E-state index is 12.5. The van der Waals surface area contributed by atoms with Gasteiger partial charge in [-0.05, 0) is 16.9 Å². The van der Waals surface area contributed by atoms with Gasteiger partial charge in [-0.1, -0.05) is 13.8 Å². The van der Waals surface area contributed by atoms with Crippen LogP contribution in [0.2, 0.25) is 0 Å². The van der Waals surface area contributed by atoms with E-state index in [1.165, 1.54) is 5.38 Å². The first kappa shape index (κ1) is 11.9. The van der Waals surface area contributed by atoms with E-state index in [9.17, 15) is 13.2 Å². The SMILES string of the molecule is CC(C)C(Cl)c1cscc1C(F)(F)F. The molecule has 0 spiro atoms. The maximum Gasteiger partial charge on any atom is 0.417 e. The molecule has 0 aliphatic rings. The molecule has 1 atom stereocenters. The molecule has 1 unspecified atom stereocenters. The Morgan fingerprint density at radius 3 is 2.29 bits per heavy atom. The molecule has 0 aliphatic carbocycles. The van der Waals surface area contributed by atoms with Crippen molar-refractivity contribution in [3.8, 4) is 0 Å². The summed E-state index contributed by atoms with van der Waals surface area (Å²) in [6.45, 7) is 3.60. The topological polar surface area (TPSA) is 0 Å². The van der Waals surface area contributed by atoms with Crippen molar-refractivity contribution in [1.82, 2.24) is 0 Å². The fraction of sp³-hybridized carbons (Fsp3) is 0.556. The highest BCUT2D eigenvalue weighted by Gasteiger charge is 2.36. The van der Waals surface area contributed by atoms with Gasteiger partial charge in [0.15, 0.2) is 0 Å². The number of alkyl halides is 4. The fourth-order valence-corrected chi connectivity index (χ4v) is 2.26. The Labute approximate surface area is 89.7 Å². The Morgan fingerprint density at radius 1 is 1.29 bits per heavy atom. The van der Waals surface area contributed by atoms with Crippen molar-refractivity contribution in [2.45, 2.75) is 25.4 Å². The molecule has 5 heteroatoms. The molecule has 0 aliphatic heterocycles. The third kappa shape index (κ3) is 2.42. The second-order valence-electron chi connectivity index (χ2n) is 3.38. The molecule has 0 amide bonds. The maximum absolute atomic E-state index is 12.5. The molecular formula is C9H10ClF3S. The Morgan fingerprint density at radius 2 is 1.86 bits per heavy atom. The minimum atomic E-state index is -4.29. The van der Waals surface area contributed by atoms with Crippen molar-refractivity contribution in [2.75, 3.05) is 0 Å². The van der Waals surface area contributed by atoms with Gasteiger partial charge in [-0.25, -0.2) is 0 Å². The van der Waals surface area contributed by atoms with Crippen molar-refractivity contribution >= 4 is 22.9 Å². The lowest BCUT2D eigenvalue weighted by atomic mass is 10.0. The van der Waals surface area contributed by atoms with E-state index < -0.39 is 17.1 Å². The third-order valence-corrected chi connectivity index (χ3v) is 3.38. The van der Waals surface area contributed by atoms with Gasteiger partial charge in [0.1, 0.15) is 0 Å². The summed E-state index contributed by atoms with van der Waals surface area (Å²) in [6.07, 6.45) is -4.29. The van der Waals surface area contributed by atoms with Crippen LogP contribution in [0.25, 0.3) is 0 Å². The summed E-state index contributed by atoms with van der Waals surface area (Å²) in [4.78, 5) is 0. The van der Waals surface area contributed by atoms with Gasteiger partial charge in [0, 0.05) is 5.38 Å². The highest BCUT2D eigenvalue weighted by atomic mass is 35.5. The average Bonchev–Trinajstić information content (AvgIpc) is 2.48. The monoisotopic (exact) mass is 242 g/mol. The molecular weight excluding hydrogens is 233 g/mol. The number of hydrogen-bond acceptors (Lipinski definition) is 1. The molecule has 1 rings (SSSR count). The first-order chi connectivity index (χ1) is 6.34. The molecule has 0 saturated heterocycles. The molecule has 1 aromatic rings. The molecule has 0 nitrogen and oxygen atoms in total. The zero-order valence-corrected chi connectivity index (χ0v) is 9.30. The lowest BCUT2D eigenvalue weighted by Crippen LogP contribution is -2.09. The van der Waals surface area contributed by atoms with Crippen LogP contribution >= 0.6 is 22.9 Å². The van der Waals surface area contributed by atoms with Gasteiger partial charge in [0.2, 0.25) is 0 Å². The predicted molar refractivity (Wildman–Crippen MR) is 52.8 cm³/mol. The number of thiophene rings is 1. The van der Waals surface area contributed by atoms with E-state index in [4.69, 9.17) is 11.6 Å². The van der Waals surface area contributed by atoms with Crippen molar-refractivity contribution in [1.29, 1.82) is 0 Å². The van der Waals surface area contributed by atoms with E-state index in [1.807, 2.05) is 0 Å². The summed E-state index contributed by atoms with van der Waals surface area (Å²) in [5.41, 5.74) is -0.407. The highest BCUT2D eigenvalue weighted by Crippen LogP contribution is 2.41. The van der Waals surface area contributed by atoms with Crippen LogP contribution in [0.3, 0.4) is 0 Å². The van der Waals surface area contributed by atoms with Gasteiger partial charge >= 0.3 is 6.18 Å². The fourth-order valence-electron chi connectivity index (χ4n) is 1.11. The van der Waals surface area contributed by atoms with Crippen LogP contribution in [0.4, 0.5) is 13.2 Å². The number of halogens is 4. The molecule has 80 valence electrons. The molecule has 1 heterocycles. The number of rotatable bonds is 2. The Bertz CT molecular complexity index is 303. The van der Waals surface area contributed by atoms with Crippen LogP contribution in [-0.4, -0.2) is 0 Å². The van der Waals surface area contributed by atoms with Gasteiger partial charge in [-0.15, -0.1) is 11.6 Å². The lowest BCUT2D eigenvalue weighted by molar-refractivity contribution is -0.137. The minimum absolute atomic E-state index is 0.00707. The zero-order chi connectivity index (χ0) is 10.9. The second kappa shape index (κ2) is 4.11. The molecule has 1 aromatic heterocycles.